The molecule has 0 unspecified atom stereocenters. The van der Waals surface area contributed by atoms with Crippen molar-refractivity contribution in [3.8, 4) is 5.75 Å². The first-order valence-electron chi connectivity index (χ1n) is 11.3. The first-order chi connectivity index (χ1) is 15.5. The number of aromatic nitrogens is 3. The molecule has 1 saturated heterocycles. The molecule has 0 spiro atoms. The number of carbonyl (C=O) groups excluding carboxylic acids is 1. The van der Waals surface area contributed by atoms with Crippen LogP contribution >= 0.6 is 0 Å². The van der Waals surface area contributed by atoms with Crippen molar-refractivity contribution in [2.75, 3.05) is 19.8 Å². The van der Waals surface area contributed by atoms with Gasteiger partial charge in [0, 0.05) is 49.8 Å². The summed E-state index contributed by atoms with van der Waals surface area (Å²) in [6.45, 7) is 6.28. The van der Waals surface area contributed by atoms with Gasteiger partial charge in [-0.1, -0.05) is 42.5 Å². The third-order valence-electron chi connectivity index (χ3n) is 6.45. The van der Waals surface area contributed by atoms with E-state index in [1.807, 2.05) is 32.2 Å². The molecule has 0 bridgehead atoms. The number of ether oxygens (including phenoxy) is 3. The predicted molar refractivity (Wildman–Crippen MR) is 122 cm³/mol. The molecule has 2 aromatic carbocycles. The standard InChI is InChI=1S/C25H31N3O4/c1-4-22(29)32-24-18(2)23-21(28(3)27-26-23)16-20(24)25(10-13-30-14-11-25)12-15-31-17-19-8-6-5-7-9-19/h5-9,16H,4,10-15,17H2,1-3H3. The SMILES string of the molecule is CCC(=O)Oc1c(C2(CCOCc3ccccc3)CCOCC2)cc2c(nnn2C)c1C. The molecular formula is C25H31N3O4. The lowest BCUT2D eigenvalue weighted by atomic mass is 9.71. The van der Waals surface area contributed by atoms with Crippen LogP contribution in [0, 0.1) is 6.92 Å². The highest BCUT2D eigenvalue weighted by atomic mass is 16.5. The van der Waals surface area contributed by atoms with Gasteiger partial charge in [0.15, 0.2) is 0 Å². The zero-order valence-corrected chi connectivity index (χ0v) is 19.1. The number of hydrogen-bond acceptors (Lipinski definition) is 6. The van der Waals surface area contributed by atoms with Gasteiger partial charge >= 0.3 is 5.97 Å². The average Bonchev–Trinajstić information content (AvgIpc) is 3.20. The third-order valence-corrected chi connectivity index (χ3v) is 6.45. The molecule has 1 aromatic heterocycles. The Hall–Kier alpha value is -2.77. The Kier molecular flexibility index (Phi) is 6.86. The van der Waals surface area contributed by atoms with Gasteiger partial charge in [-0.2, -0.15) is 0 Å². The molecule has 0 aliphatic carbocycles. The van der Waals surface area contributed by atoms with Crippen LogP contribution in [0.1, 0.15) is 49.3 Å². The summed E-state index contributed by atoms with van der Waals surface area (Å²) in [7, 11) is 1.88. The topological polar surface area (TPSA) is 75.5 Å². The molecule has 7 nitrogen and oxygen atoms in total. The molecule has 4 rings (SSSR count). The summed E-state index contributed by atoms with van der Waals surface area (Å²) < 4.78 is 19.4. The molecule has 170 valence electrons. The number of fused-ring (bicyclic) bond motifs is 1. The summed E-state index contributed by atoms with van der Waals surface area (Å²) in [5.74, 6) is 0.370. The van der Waals surface area contributed by atoms with Crippen LogP contribution < -0.4 is 4.74 Å². The Bertz CT molecular complexity index is 1070. The van der Waals surface area contributed by atoms with E-state index in [9.17, 15) is 4.79 Å². The van der Waals surface area contributed by atoms with Crippen LogP contribution in [0.4, 0.5) is 0 Å². The normalized spacial score (nSPS) is 15.7. The van der Waals surface area contributed by atoms with E-state index in [0.717, 1.165) is 47.0 Å². The fourth-order valence-electron chi connectivity index (χ4n) is 4.46. The van der Waals surface area contributed by atoms with Crippen LogP contribution in [-0.2, 0) is 33.3 Å². The Balaban J connectivity index is 1.68. The maximum Gasteiger partial charge on any atom is 0.310 e. The minimum atomic E-state index is -0.250. The van der Waals surface area contributed by atoms with Gasteiger partial charge in [0.25, 0.3) is 0 Å². The molecule has 0 amide bonds. The number of carbonyl (C=O) groups is 1. The number of nitrogens with zero attached hydrogens (tertiary/aromatic N) is 3. The maximum atomic E-state index is 12.3. The second kappa shape index (κ2) is 9.79. The summed E-state index contributed by atoms with van der Waals surface area (Å²) in [6.07, 6.45) is 2.81. The zero-order valence-electron chi connectivity index (χ0n) is 19.1. The second-order valence-corrected chi connectivity index (χ2v) is 8.47. The highest BCUT2D eigenvalue weighted by molar-refractivity contribution is 5.84. The average molecular weight is 438 g/mol. The van der Waals surface area contributed by atoms with E-state index in [0.29, 0.717) is 38.6 Å². The predicted octanol–water partition coefficient (Wildman–Crippen LogP) is 4.25. The van der Waals surface area contributed by atoms with Crippen molar-refractivity contribution in [2.45, 2.75) is 51.6 Å². The molecule has 3 aromatic rings. The largest absolute Gasteiger partial charge is 0.426 e. The number of esters is 1. The Morgan fingerprint density at radius 1 is 1.22 bits per heavy atom. The molecule has 7 heteroatoms. The molecule has 0 radical (unpaired) electrons. The third kappa shape index (κ3) is 4.54. The van der Waals surface area contributed by atoms with E-state index >= 15 is 0 Å². The first-order valence-corrected chi connectivity index (χ1v) is 11.3. The fraction of sp³-hybridized carbons (Fsp3) is 0.480. The van der Waals surface area contributed by atoms with Crippen LogP contribution in [0.15, 0.2) is 36.4 Å². The van der Waals surface area contributed by atoms with Crippen LogP contribution in [0.3, 0.4) is 0 Å². The van der Waals surface area contributed by atoms with Gasteiger partial charge in [0.05, 0.1) is 12.1 Å². The van der Waals surface area contributed by atoms with Crippen molar-refractivity contribution >= 4 is 17.0 Å². The molecule has 1 aliphatic heterocycles. The molecule has 0 atom stereocenters. The highest BCUT2D eigenvalue weighted by Crippen LogP contribution is 2.45. The molecule has 1 aliphatic rings. The van der Waals surface area contributed by atoms with E-state index in [1.54, 1.807) is 11.6 Å². The number of benzene rings is 2. The van der Waals surface area contributed by atoms with E-state index in [-0.39, 0.29) is 11.4 Å². The number of hydrogen-bond donors (Lipinski definition) is 0. The van der Waals surface area contributed by atoms with Gasteiger partial charge < -0.3 is 14.2 Å². The minimum Gasteiger partial charge on any atom is -0.426 e. The van der Waals surface area contributed by atoms with Crippen LogP contribution in [0.25, 0.3) is 11.0 Å². The van der Waals surface area contributed by atoms with E-state index < -0.39 is 0 Å². The van der Waals surface area contributed by atoms with Crippen LogP contribution in [0.5, 0.6) is 5.75 Å². The van der Waals surface area contributed by atoms with Crippen molar-refractivity contribution in [3.63, 3.8) is 0 Å². The Morgan fingerprint density at radius 3 is 2.69 bits per heavy atom. The van der Waals surface area contributed by atoms with Crippen molar-refractivity contribution in [1.82, 2.24) is 15.0 Å². The van der Waals surface area contributed by atoms with Crippen molar-refractivity contribution < 1.29 is 19.0 Å². The Labute approximate surface area is 188 Å². The van der Waals surface area contributed by atoms with Crippen molar-refractivity contribution in [2.24, 2.45) is 7.05 Å². The van der Waals surface area contributed by atoms with E-state index in [1.165, 1.54) is 0 Å². The smallest absolute Gasteiger partial charge is 0.310 e. The quantitative estimate of drug-likeness (QED) is 0.298. The number of rotatable bonds is 8. The van der Waals surface area contributed by atoms with Crippen molar-refractivity contribution in [1.29, 1.82) is 0 Å². The lowest BCUT2D eigenvalue weighted by molar-refractivity contribution is -0.134. The first kappa shape index (κ1) is 22.4. The zero-order chi connectivity index (χ0) is 22.6. The van der Waals surface area contributed by atoms with Crippen molar-refractivity contribution in [3.05, 3.63) is 53.1 Å². The lowest BCUT2D eigenvalue weighted by Gasteiger charge is -2.39. The number of aryl methyl sites for hydroxylation is 2. The van der Waals surface area contributed by atoms with Gasteiger partial charge in [0.1, 0.15) is 11.3 Å². The summed E-state index contributed by atoms with van der Waals surface area (Å²) >= 11 is 0. The molecule has 1 fully saturated rings. The van der Waals surface area contributed by atoms with Gasteiger partial charge in [-0.05, 0) is 37.8 Å². The molecular weight excluding hydrogens is 406 g/mol. The summed E-state index contributed by atoms with van der Waals surface area (Å²) in [6, 6.07) is 12.3. The second-order valence-electron chi connectivity index (χ2n) is 8.47. The van der Waals surface area contributed by atoms with Gasteiger partial charge in [-0.25, -0.2) is 4.68 Å². The maximum absolute atomic E-state index is 12.3. The molecule has 0 N–H and O–H groups in total. The van der Waals surface area contributed by atoms with E-state index in [2.05, 4.69) is 28.5 Å². The van der Waals surface area contributed by atoms with Crippen LogP contribution in [-0.4, -0.2) is 40.8 Å². The van der Waals surface area contributed by atoms with E-state index in [4.69, 9.17) is 14.2 Å². The van der Waals surface area contributed by atoms with Gasteiger partial charge in [0.2, 0.25) is 0 Å². The summed E-state index contributed by atoms with van der Waals surface area (Å²) in [5, 5.41) is 8.49. The van der Waals surface area contributed by atoms with Gasteiger partial charge in [-0.3, -0.25) is 4.79 Å². The summed E-state index contributed by atoms with van der Waals surface area (Å²) in [5.41, 5.74) is 4.53. The lowest BCUT2D eigenvalue weighted by Crippen LogP contribution is -2.36. The molecule has 32 heavy (non-hydrogen) atoms. The van der Waals surface area contributed by atoms with Gasteiger partial charge in [-0.15, -0.1) is 5.10 Å². The monoisotopic (exact) mass is 437 g/mol. The fourth-order valence-corrected chi connectivity index (χ4v) is 4.46. The Morgan fingerprint density at radius 2 is 1.97 bits per heavy atom. The summed E-state index contributed by atoms with van der Waals surface area (Å²) in [4.78, 5) is 12.3. The minimum absolute atomic E-state index is 0.207. The van der Waals surface area contributed by atoms with Crippen LogP contribution in [0.2, 0.25) is 0 Å². The molecule has 2 heterocycles. The highest BCUT2D eigenvalue weighted by Gasteiger charge is 2.38. The molecule has 0 saturated carbocycles.